The van der Waals surface area contributed by atoms with E-state index in [0.29, 0.717) is 6.67 Å². The van der Waals surface area contributed by atoms with Crippen LogP contribution in [-0.2, 0) is 16.2 Å². The Morgan fingerprint density at radius 2 is 1.06 bits per heavy atom. The smallest absolute Gasteiger partial charge is 0.137 e. The molecule has 9 aromatic rings. The van der Waals surface area contributed by atoms with E-state index in [-0.39, 0.29) is 16.2 Å². The molecule has 1 aliphatic rings. The number of hydrogen-bond donors (Lipinski definition) is 0. The van der Waals surface area contributed by atoms with Crippen molar-refractivity contribution in [2.24, 2.45) is 0 Å². The Labute approximate surface area is 384 Å². The van der Waals surface area contributed by atoms with Gasteiger partial charge in [-0.05, 0) is 116 Å². The second-order valence-electron chi connectivity index (χ2n) is 20.7. The average molecular weight is 851 g/mol. The second-order valence-corrected chi connectivity index (χ2v) is 20.7. The summed E-state index contributed by atoms with van der Waals surface area (Å²) >= 11 is 0. The van der Waals surface area contributed by atoms with Crippen LogP contribution in [0.25, 0.3) is 49.9 Å². The number of fused-ring (bicyclic) bond motifs is 4. The molecule has 324 valence electrons. The number of pyridine rings is 1. The van der Waals surface area contributed by atoms with Crippen LogP contribution in [0.1, 0.15) is 79.0 Å². The molecule has 65 heavy (non-hydrogen) atoms. The largest absolute Gasteiger partial charge is 0.457 e. The molecule has 2 aromatic heterocycles. The third kappa shape index (κ3) is 7.94. The Balaban J connectivity index is 1.05. The van der Waals surface area contributed by atoms with E-state index >= 15 is 0 Å². The summed E-state index contributed by atoms with van der Waals surface area (Å²) in [5.41, 5.74) is 15.4. The molecular weight excluding hydrogens is 793 g/mol. The van der Waals surface area contributed by atoms with Crippen molar-refractivity contribution in [3.63, 3.8) is 0 Å². The van der Waals surface area contributed by atoms with Gasteiger partial charge >= 0.3 is 0 Å². The first-order valence-corrected chi connectivity index (χ1v) is 22.9. The van der Waals surface area contributed by atoms with Crippen molar-refractivity contribution in [2.45, 2.75) is 78.6 Å². The normalized spacial score (nSPS) is 13.2. The van der Waals surface area contributed by atoms with E-state index in [4.69, 9.17) is 9.72 Å². The zero-order chi connectivity index (χ0) is 45.3. The first-order valence-electron chi connectivity index (χ1n) is 22.9. The maximum atomic E-state index is 6.86. The van der Waals surface area contributed by atoms with Gasteiger partial charge in [0.1, 0.15) is 24.0 Å². The van der Waals surface area contributed by atoms with E-state index in [1.54, 1.807) is 0 Å². The molecule has 0 saturated carbocycles. The fourth-order valence-corrected chi connectivity index (χ4v) is 9.22. The van der Waals surface area contributed by atoms with Gasteiger partial charge in [-0.1, -0.05) is 153 Å². The van der Waals surface area contributed by atoms with Gasteiger partial charge in [-0.2, -0.15) is 0 Å². The molecular formula is C60H58N4O. The Morgan fingerprint density at radius 3 is 1.77 bits per heavy atom. The molecule has 7 aromatic carbocycles. The highest BCUT2D eigenvalue weighted by Gasteiger charge is 2.30. The fourth-order valence-electron chi connectivity index (χ4n) is 9.22. The first-order chi connectivity index (χ1) is 31.1. The van der Waals surface area contributed by atoms with Crippen LogP contribution in [0.15, 0.2) is 176 Å². The molecule has 0 unspecified atom stereocenters. The van der Waals surface area contributed by atoms with Crippen molar-refractivity contribution < 1.29 is 4.74 Å². The zero-order valence-electron chi connectivity index (χ0n) is 39.1. The minimum Gasteiger partial charge on any atom is -0.457 e. The highest BCUT2D eigenvalue weighted by Crippen LogP contribution is 2.47. The van der Waals surface area contributed by atoms with E-state index in [2.05, 4.69) is 247 Å². The number of ether oxygens (including phenoxy) is 1. The molecule has 1 aliphatic heterocycles. The molecule has 0 fully saturated rings. The van der Waals surface area contributed by atoms with Crippen LogP contribution in [0.5, 0.6) is 11.5 Å². The highest BCUT2D eigenvalue weighted by molar-refractivity contribution is 6.14. The van der Waals surface area contributed by atoms with Crippen LogP contribution in [0.2, 0.25) is 0 Å². The molecule has 10 rings (SSSR count). The SMILES string of the molecule is CC(C)(C)c1cc(N2CN(c3cccc(Oc4ccc5c6cccc(-c7cccc(-c8ccccc8)c7)c6n(-c6cc(C(C)(C)C)ccn6)c5c4)c3)c3ccccc32)cc(C(C)(C)C)c1. The number of aromatic nitrogens is 2. The summed E-state index contributed by atoms with van der Waals surface area (Å²) in [5.74, 6) is 2.41. The van der Waals surface area contributed by atoms with Crippen LogP contribution >= 0.6 is 0 Å². The number of para-hydroxylation sites is 3. The minimum absolute atomic E-state index is 0.0156. The highest BCUT2D eigenvalue weighted by atomic mass is 16.5. The maximum Gasteiger partial charge on any atom is 0.137 e. The first kappa shape index (κ1) is 41.9. The Hall–Kier alpha value is -7.11. The molecule has 5 nitrogen and oxygen atoms in total. The van der Waals surface area contributed by atoms with E-state index in [1.165, 1.54) is 50.3 Å². The summed E-state index contributed by atoms with van der Waals surface area (Å²) < 4.78 is 9.20. The van der Waals surface area contributed by atoms with Crippen molar-refractivity contribution in [2.75, 3.05) is 16.5 Å². The minimum atomic E-state index is -0.0543. The molecule has 0 atom stereocenters. The maximum absolute atomic E-state index is 6.86. The van der Waals surface area contributed by atoms with Crippen LogP contribution < -0.4 is 14.5 Å². The summed E-state index contributed by atoms with van der Waals surface area (Å²) in [6.45, 7) is 21.3. The summed E-state index contributed by atoms with van der Waals surface area (Å²) in [6.07, 6.45) is 1.94. The quantitative estimate of drug-likeness (QED) is 0.160. The molecule has 0 radical (unpaired) electrons. The molecule has 0 bridgehead atoms. The third-order valence-electron chi connectivity index (χ3n) is 13.0. The summed E-state index contributed by atoms with van der Waals surface area (Å²) in [4.78, 5) is 9.91. The molecule has 3 heterocycles. The van der Waals surface area contributed by atoms with Crippen LogP contribution in [0, 0.1) is 0 Å². The van der Waals surface area contributed by atoms with Crippen LogP contribution in [0.4, 0.5) is 22.7 Å². The summed E-state index contributed by atoms with van der Waals surface area (Å²) in [5, 5.41) is 2.31. The average Bonchev–Trinajstić information content (AvgIpc) is 3.85. The lowest BCUT2D eigenvalue weighted by Crippen LogP contribution is -2.25. The second kappa shape index (κ2) is 15.8. The molecule has 0 amide bonds. The molecule has 0 N–H and O–H groups in total. The topological polar surface area (TPSA) is 33.5 Å². The lowest BCUT2D eigenvalue weighted by Gasteiger charge is -2.29. The fraction of sp³-hybridized carbons (Fsp3) is 0.217. The van der Waals surface area contributed by atoms with Gasteiger partial charge in [0.2, 0.25) is 0 Å². The molecule has 0 saturated heterocycles. The van der Waals surface area contributed by atoms with Crippen LogP contribution in [-0.4, -0.2) is 16.2 Å². The predicted octanol–water partition coefficient (Wildman–Crippen LogP) is 16.4. The number of benzene rings is 7. The van der Waals surface area contributed by atoms with E-state index in [9.17, 15) is 0 Å². The number of anilines is 4. The third-order valence-corrected chi connectivity index (χ3v) is 13.0. The Morgan fingerprint density at radius 1 is 0.446 bits per heavy atom. The Bertz CT molecular complexity index is 3200. The van der Waals surface area contributed by atoms with E-state index in [0.717, 1.165) is 50.6 Å². The van der Waals surface area contributed by atoms with E-state index < -0.39 is 0 Å². The van der Waals surface area contributed by atoms with Gasteiger partial charge in [0.05, 0.1) is 22.4 Å². The number of nitrogens with zero attached hydrogens (tertiary/aromatic N) is 4. The van der Waals surface area contributed by atoms with Crippen LogP contribution in [0.3, 0.4) is 0 Å². The molecule has 0 spiro atoms. The van der Waals surface area contributed by atoms with Gasteiger partial charge in [-0.15, -0.1) is 0 Å². The summed E-state index contributed by atoms with van der Waals surface area (Å²) in [6, 6.07) is 61.4. The van der Waals surface area contributed by atoms with Crippen molar-refractivity contribution in [3.05, 3.63) is 193 Å². The number of rotatable bonds is 7. The molecule has 5 heteroatoms. The van der Waals surface area contributed by atoms with Gasteiger partial charge in [-0.3, -0.25) is 4.57 Å². The number of hydrogen-bond acceptors (Lipinski definition) is 4. The predicted molar refractivity (Wildman–Crippen MR) is 274 cm³/mol. The monoisotopic (exact) mass is 850 g/mol. The van der Waals surface area contributed by atoms with Gasteiger partial charge in [0.25, 0.3) is 0 Å². The zero-order valence-corrected chi connectivity index (χ0v) is 39.1. The van der Waals surface area contributed by atoms with E-state index in [1.807, 2.05) is 6.20 Å². The van der Waals surface area contributed by atoms with Gasteiger partial charge in [-0.25, -0.2) is 4.98 Å². The summed E-state index contributed by atoms with van der Waals surface area (Å²) in [7, 11) is 0. The van der Waals surface area contributed by atoms with Crippen molar-refractivity contribution >= 4 is 44.6 Å². The van der Waals surface area contributed by atoms with Crippen molar-refractivity contribution in [1.29, 1.82) is 0 Å². The lowest BCUT2D eigenvalue weighted by atomic mass is 9.80. The Kier molecular flexibility index (Phi) is 10.2. The van der Waals surface area contributed by atoms with Gasteiger partial charge in [0, 0.05) is 46.0 Å². The standard InChI is InChI=1S/C60H58N4O/c1-58(2,3)43-30-31-61-56(36-43)64-55-38-49(28-29-51(55)52-25-17-24-50(57(52)64)42-21-15-20-41(32-42)40-18-11-10-12-19-40)65-48-23-16-22-46(37-48)62-39-63(54-27-14-13-26-53(54)62)47-34-44(59(4,5)6)33-45(35-47)60(7,8)9/h10-38H,39H2,1-9H3. The van der Waals surface area contributed by atoms with Gasteiger partial charge in [0.15, 0.2) is 0 Å². The molecule has 0 aliphatic carbocycles. The van der Waals surface area contributed by atoms with Gasteiger partial charge < -0.3 is 14.5 Å². The van der Waals surface area contributed by atoms with Crippen molar-refractivity contribution in [1.82, 2.24) is 9.55 Å². The van der Waals surface area contributed by atoms with Crippen molar-refractivity contribution in [3.8, 4) is 39.6 Å². The lowest BCUT2D eigenvalue weighted by molar-refractivity contribution is 0.483.